The van der Waals surface area contributed by atoms with Crippen LogP contribution in [0.1, 0.15) is 31.9 Å². The van der Waals surface area contributed by atoms with Crippen LogP contribution in [0.25, 0.3) is 0 Å². The van der Waals surface area contributed by atoms with Crippen molar-refractivity contribution in [2.75, 3.05) is 20.1 Å². The smallest absolute Gasteiger partial charge is 0.191 e. The van der Waals surface area contributed by atoms with Gasteiger partial charge in [0.25, 0.3) is 0 Å². The van der Waals surface area contributed by atoms with Crippen LogP contribution in [-0.2, 0) is 6.54 Å². The molecule has 2 unspecified atom stereocenters. The Bertz CT molecular complexity index is 635. The van der Waals surface area contributed by atoms with E-state index in [1.807, 2.05) is 6.07 Å². The van der Waals surface area contributed by atoms with Crippen molar-refractivity contribution in [1.29, 1.82) is 5.26 Å². The Morgan fingerprint density at radius 3 is 2.79 bits per heavy atom. The van der Waals surface area contributed by atoms with Crippen LogP contribution in [0, 0.1) is 23.1 Å². The Balaban J connectivity index is 1.95. The van der Waals surface area contributed by atoms with Crippen LogP contribution in [0.3, 0.4) is 0 Å². The van der Waals surface area contributed by atoms with Crippen LogP contribution in [0.2, 0.25) is 0 Å². The first-order valence-electron chi connectivity index (χ1n) is 8.34. The summed E-state index contributed by atoms with van der Waals surface area (Å²) < 4.78 is 13.9. The highest BCUT2D eigenvalue weighted by atomic mass is 19.1. The molecule has 1 aliphatic rings. The first-order valence-corrected chi connectivity index (χ1v) is 8.34. The van der Waals surface area contributed by atoms with Gasteiger partial charge in [-0.3, -0.25) is 9.89 Å². The lowest BCUT2D eigenvalue weighted by Gasteiger charge is -2.22. The minimum Gasteiger partial charge on any atom is -0.352 e. The van der Waals surface area contributed by atoms with Gasteiger partial charge in [-0.25, -0.2) is 4.39 Å². The van der Waals surface area contributed by atoms with Gasteiger partial charge in [-0.2, -0.15) is 5.26 Å². The van der Waals surface area contributed by atoms with Crippen molar-refractivity contribution in [3.05, 3.63) is 35.1 Å². The van der Waals surface area contributed by atoms with Gasteiger partial charge in [0.1, 0.15) is 5.82 Å². The zero-order valence-corrected chi connectivity index (χ0v) is 14.8. The molecule has 0 bridgehead atoms. The van der Waals surface area contributed by atoms with E-state index >= 15 is 0 Å². The SMILES string of the molecule is CN=C(NCc1cc(C#N)ccc1F)NC1CN(C(C)C)CC1C. The second kappa shape index (κ2) is 8.11. The van der Waals surface area contributed by atoms with Crippen LogP contribution >= 0.6 is 0 Å². The highest BCUT2D eigenvalue weighted by Crippen LogP contribution is 2.18. The van der Waals surface area contributed by atoms with Crippen LogP contribution in [0.15, 0.2) is 23.2 Å². The second-order valence-corrected chi connectivity index (χ2v) is 6.62. The maximum atomic E-state index is 13.9. The Labute approximate surface area is 143 Å². The molecule has 1 aliphatic heterocycles. The molecule has 130 valence electrons. The summed E-state index contributed by atoms with van der Waals surface area (Å²) in [7, 11) is 1.71. The fourth-order valence-corrected chi connectivity index (χ4v) is 2.94. The molecule has 1 fully saturated rings. The molecule has 2 atom stereocenters. The molecule has 0 amide bonds. The maximum Gasteiger partial charge on any atom is 0.191 e. The molecule has 1 aromatic carbocycles. The predicted molar refractivity (Wildman–Crippen MR) is 94.1 cm³/mol. The highest BCUT2D eigenvalue weighted by Gasteiger charge is 2.31. The molecule has 5 nitrogen and oxygen atoms in total. The molecule has 0 aliphatic carbocycles. The van der Waals surface area contributed by atoms with Crippen LogP contribution < -0.4 is 10.6 Å². The molecule has 2 rings (SSSR count). The lowest BCUT2D eigenvalue weighted by atomic mass is 10.1. The molecule has 2 N–H and O–H groups in total. The quantitative estimate of drug-likeness (QED) is 0.655. The number of hydrogen-bond donors (Lipinski definition) is 2. The normalized spacial score (nSPS) is 21.8. The van der Waals surface area contributed by atoms with Gasteiger partial charge >= 0.3 is 0 Å². The summed E-state index contributed by atoms with van der Waals surface area (Å²) in [4.78, 5) is 6.67. The van der Waals surface area contributed by atoms with Gasteiger partial charge in [0.05, 0.1) is 11.6 Å². The Morgan fingerprint density at radius 2 is 2.21 bits per heavy atom. The molecular weight excluding hydrogens is 305 g/mol. The lowest BCUT2D eigenvalue weighted by molar-refractivity contribution is 0.265. The summed E-state index contributed by atoms with van der Waals surface area (Å²) in [5.74, 6) is 0.848. The minimum atomic E-state index is -0.322. The third-order valence-electron chi connectivity index (χ3n) is 4.54. The number of halogens is 1. The Kier molecular flexibility index (Phi) is 6.16. The van der Waals surface area contributed by atoms with Crippen molar-refractivity contribution in [2.45, 2.75) is 39.4 Å². The third-order valence-corrected chi connectivity index (χ3v) is 4.54. The van der Waals surface area contributed by atoms with E-state index in [9.17, 15) is 4.39 Å². The summed E-state index contributed by atoms with van der Waals surface area (Å²) >= 11 is 0. The van der Waals surface area contributed by atoms with Gasteiger partial charge in [-0.1, -0.05) is 6.92 Å². The third kappa shape index (κ3) is 4.45. The van der Waals surface area contributed by atoms with E-state index in [1.165, 1.54) is 12.1 Å². The van der Waals surface area contributed by atoms with Crippen LogP contribution in [0.5, 0.6) is 0 Å². The summed E-state index contributed by atoms with van der Waals surface area (Å²) in [6.07, 6.45) is 0. The van der Waals surface area contributed by atoms with Crippen molar-refractivity contribution >= 4 is 5.96 Å². The largest absolute Gasteiger partial charge is 0.352 e. The van der Waals surface area contributed by atoms with Crippen molar-refractivity contribution in [3.63, 3.8) is 0 Å². The van der Waals surface area contributed by atoms with Crippen LogP contribution in [-0.4, -0.2) is 43.1 Å². The second-order valence-electron chi connectivity index (χ2n) is 6.62. The number of benzene rings is 1. The summed E-state index contributed by atoms with van der Waals surface area (Å²) in [5, 5.41) is 15.5. The van der Waals surface area contributed by atoms with E-state index in [0.29, 0.717) is 35.1 Å². The van der Waals surface area contributed by atoms with Crippen molar-refractivity contribution in [2.24, 2.45) is 10.9 Å². The van der Waals surface area contributed by atoms with Crippen molar-refractivity contribution in [1.82, 2.24) is 15.5 Å². The number of rotatable bonds is 4. The molecular formula is C18H26FN5. The van der Waals surface area contributed by atoms with E-state index in [0.717, 1.165) is 13.1 Å². The average molecular weight is 331 g/mol. The van der Waals surface area contributed by atoms with Gasteiger partial charge < -0.3 is 10.6 Å². The van der Waals surface area contributed by atoms with E-state index in [2.05, 4.69) is 41.3 Å². The first kappa shape index (κ1) is 18.2. The topological polar surface area (TPSA) is 63.5 Å². The Morgan fingerprint density at radius 1 is 1.46 bits per heavy atom. The average Bonchev–Trinajstić information content (AvgIpc) is 2.93. The highest BCUT2D eigenvalue weighted by molar-refractivity contribution is 5.80. The van der Waals surface area contributed by atoms with E-state index in [-0.39, 0.29) is 12.4 Å². The lowest BCUT2D eigenvalue weighted by Crippen LogP contribution is -2.46. The van der Waals surface area contributed by atoms with E-state index in [1.54, 1.807) is 13.1 Å². The Hall–Kier alpha value is -2.13. The van der Waals surface area contributed by atoms with Gasteiger partial charge in [-0.05, 0) is 38.0 Å². The zero-order valence-electron chi connectivity index (χ0n) is 14.8. The molecule has 0 spiro atoms. The molecule has 0 aromatic heterocycles. The first-order chi connectivity index (χ1) is 11.4. The number of nitriles is 1. The van der Waals surface area contributed by atoms with E-state index < -0.39 is 0 Å². The summed E-state index contributed by atoms with van der Waals surface area (Å²) in [5.41, 5.74) is 0.911. The number of nitrogens with one attached hydrogen (secondary N) is 2. The predicted octanol–water partition coefficient (Wildman–Crippen LogP) is 2.09. The van der Waals surface area contributed by atoms with Gasteiger partial charge in [0.2, 0.25) is 0 Å². The fourth-order valence-electron chi connectivity index (χ4n) is 2.94. The monoisotopic (exact) mass is 331 g/mol. The number of hydrogen-bond acceptors (Lipinski definition) is 3. The fraction of sp³-hybridized carbons (Fsp3) is 0.556. The molecule has 0 radical (unpaired) electrons. The standard InChI is InChI=1S/C18H26FN5/c1-12(2)24-10-13(3)17(11-24)23-18(21-4)22-9-15-7-14(8-20)5-6-16(15)19/h5-7,12-13,17H,9-11H2,1-4H3,(H2,21,22,23). The molecule has 6 heteroatoms. The molecule has 1 aromatic rings. The molecule has 24 heavy (non-hydrogen) atoms. The maximum absolute atomic E-state index is 13.9. The number of likely N-dealkylation sites (tertiary alicyclic amines) is 1. The molecule has 0 saturated carbocycles. The van der Waals surface area contributed by atoms with Gasteiger partial charge in [0.15, 0.2) is 5.96 Å². The molecule has 1 saturated heterocycles. The molecule has 1 heterocycles. The van der Waals surface area contributed by atoms with Crippen molar-refractivity contribution < 1.29 is 4.39 Å². The number of aliphatic imine (C=N–C) groups is 1. The zero-order chi connectivity index (χ0) is 17.7. The minimum absolute atomic E-state index is 0.288. The van der Waals surface area contributed by atoms with E-state index in [4.69, 9.17) is 5.26 Å². The summed E-state index contributed by atoms with van der Waals surface area (Å²) in [6, 6.07) is 7.24. The van der Waals surface area contributed by atoms with Gasteiger partial charge in [0, 0.05) is 44.3 Å². The number of guanidine groups is 1. The van der Waals surface area contributed by atoms with Crippen LogP contribution in [0.4, 0.5) is 4.39 Å². The van der Waals surface area contributed by atoms with Gasteiger partial charge in [-0.15, -0.1) is 0 Å². The summed E-state index contributed by atoms with van der Waals surface area (Å²) in [6.45, 7) is 8.95. The number of nitrogens with zero attached hydrogens (tertiary/aromatic N) is 3. The van der Waals surface area contributed by atoms with Crippen molar-refractivity contribution in [3.8, 4) is 6.07 Å².